The van der Waals surface area contributed by atoms with Crippen molar-refractivity contribution >= 4 is 5.97 Å². The second kappa shape index (κ2) is 6.37. The Morgan fingerprint density at radius 2 is 2.16 bits per heavy atom. The number of hydrogen-bond donors (Lipinski definition) is 0. The van der Waals surface area contributed by atoms with E-state index >= 15 is 0 Å². The normalized spacial score (nSPS) is 33.5. The Balaban J connectivity index is 1.80. The topological polar surface area (TPSA) is 48.0 Å². The number of methoxy groups -OCH3 is 1. The Hall–Kier alpha value is -2.01. The molecule has 134 valence electrons. The maximum atomic E-state index is 11.6. The van der Waals surface area contributed by atoms with Gasteiger partial charge in [-0.05, 0) is 56.1 Å². The Kier molecular flexibility index (Phi) is 4.20. The van der Waals surface area contributed by atoms with Gasteiger partial charge in [0.15, 0.2) is 17.6 Å². The van der Waals surface area contributed by atoms with Gasteiger partial charge >= 0.3 is 5.97 Å². The molecule has 1 saturated heterocycles. The highest BCUT2D eigenvalue weighted by atomic mass is 16.6. The van der Waals surface area contributed by atoms with Crippen molar-refractivity contribution in [1.29, 1.82) is 0 Å². The molecule has 0 spiro atoms. The molecule has 2 aliphatic heterocycles. The molecule has 1 fully saturated rings. The molecule has 6 bridgehead atoms. The number of fused-ring (bicyclic) bond motifs is 2. The molecule has 5 nitrogen and oxygen atoms in total. The molecule has 0 aromatic heterocycles. The van der Waals surface area contributed by atoms with Gasteiger partial charge in [0.25, 0.3) is 0 Å². The van der Waals surface area contributed by atoms with E-state index in [1.165, 1.54) is 12.5 Å². The summed E-state index contributed by atoms with van der Waals surface area (Å²) >= 11 is 0. The minimum atomic E-state index is -0.353. The standard InChI is InChI=1S/C20H25NO4/c1-12(22)24-18-7-5-14-15-8-9-21(2)16(14)10-13-4-6-17(23-3)19(11-13)25-20(15)18/h4-7,11,14-16,18,20H,8-10H2,1-3H3/t14-,15+,16-,18+,20-/m1/s1. The first-order chi connectivity index (χ1) is 12.1. The molecule has 0 saturated carbocycles. The molecule has 2 heterocycles. The first-order valence-electron chi connectivity index (χ1n) is 8.96. The highest BCUT2D eigenvalue weighted by Gasteiger charge is 2.46. The minimum Gasteiger partial charge on any atom is -0.493 e. The van der Waals surface area contributed by atoms with E-state index in [-0.39, 0.29) is 18.2 Å². The van der Waals surface area contributed by atoms with Crippen molar-refractivity contribution in [3.8, 4) is 11.5 Å². The predicted molar refractivity (Wildman–Crippen MR) is 93.8 cm³/mol. The summed E-state index contributed by atoms with van der Waals surface area (Å²) in [6, 6.07) is 6.59. The number of likely N-dealkylation sites (tertiary alicyclic amines) is 1. The Morgan fingerprint density at radius 3 is 2.92 bits per heavy atom. The van der Waals surface area contributed by atoms with Gasteiger partial charge in [0.2, 0.25) is 0 Å². The zero-order valence-electron chi connectivity index (χ0n) is 15.0. The van der Waals surface area contributed by atoms with Crippen LogP contribution in [0.1, 0.15) is 18.9 Å². The second-order valence-corrected chi connectivity index (χ2v) is 7.31. The van der Waals surface area contributed by atoms with Gasteiger partial charge in [-0.2, -0.15) is 0 Å². The van der Waals surface area contributed by atoms with E-state index < -0.39 is 0 Å². The highest BCUT2D eigenvalue weighted by Crippen LogP contribution is 2.43. The molecule has 5 atom stereocenters. The fraction of sp³-hybridized carbons (Fsp3) is 0.550. The third-order valence-corrected chi connectivity index (χ3v) is 5.83. The lowest BCUT2D eigenvalue weighted by molar-refractivity contribution is -0.152. The number of benzene rings is 1. The van der Waals surface area contributed by atoms with Crippen molar-refractivity contribution in [2.75, 3.05) is 20.7 Å². The molecule has 0 radical (unpaired) electrons. The van der Waals surface area contributed by atoms with Crippen LogP contribution in [0.4, 0.5) is 0 Å². The smallest absolute Gasteiger partial charge is 0.303 e. The van der Waals surface area contributed by atoms with Crippen LogP contribution in [0.5, 0.6) is 11.5 Å². The van der Waals surface area contributed by atoms with Gasteiger partial charge in [0.05, 0.1) is 7.11 Å². The second-order valence-electron chi connectivity index (χ2n) is 7.31. The molecule has 4 rings (SSSR count). The monoisotopic (exact) mass is 343 g/mol. The van der Waals surface area contributed by atoms with Gasteiger partial charge in [-0.15, -0.1) is 0 Å². The zero-order chi connectivity index (χ0) is 17.6. The number of carbonyl (C=O) groups excluding carboxylic acids is 1. The van der Waals surface area contributed by atoms with Crippen LogP contribution in [0.3, 0.4) is 0 Å². The molecular weight excluding hydrogens is 318 g/mol. The summed E-state index contributed by atoms with van der Waals surface area (Å²) in [6.45, 7) is 2.48. The summed E-state index contributed by atoms with van der Waals surface area (Å²) in [6.07, 6.45) is 5.73. The van der Waals surface area contributed by atoms with Gasteiger partial charge in [-0.3, -0.25) is 4.79 Å². The predicted octanol–water partition coefficient (Wildman–Crippen LogP) is 2.44. The van der Waals surface area contributed by atoms with Crippen LogP contribution in [-0.4, -0.2) is 49.8 Å². The van der Waals surface area contributed by atoms with Crippen LogP contribution in [0.2, 0.25) is 0 Å². The van der Waals surface area contributed by atoms with Gasteiger partial charge in [-0.25, -0.2) is 0 Å². The van der Waals surface area contributed by atoms with E-state index in [2.05, 4.69) is 30.2 Å². The van der Waals surface area contributed by atoms with E-state index in [9.17, 15) is 4.79 Å². The molecule has 3 aliphatic rings. The van der Waals surface area contributed by atoms with Crippen molar-refractivity contribution in [3.63, 3.8) is 0 Å². The van der Waals surface area contributed by atoms with Crippen LogP contribution in [0.15, 0.2) is 30.4 Å². The third-order valence-electron chi connectivity index (χ3n) is 5.83. The molecule has 0 unspecified atom stereocenters. The first-order valence-corrected chi connectivity index (χ1v) is 8.96. The number of piperidine rings is 1. The van der Waals surface area contributed by atoms with Crippen LogP contribution >= 0.6 is 0 Å². The number of esters is 1. The van der Waals surface area contributed by atoms with Gasteiger partial charge in [0.1, 0.15) is 6.10 Å². The maximum absolute atomic E-state index is 11.6. The number of ether oxygens (including phenoxy) is 3. The van der Waals surface area contributed by atoms with E-state index in [4.69, 9.17) is 14.2 Å². The Bertz CT molecular complexity index is 701. The molecule has 1 aliphatic carbocycles. The van der Waals surface area contributed by atoms with Crippen LogP contribution in [-0.2, 0) is 16.0 Å². The lowest BCUT2D eigenvalue weighted by Gasteiger charge is -2.48. The summed E-state index contributed by atoms with van der Waals surface area (Å²) in [7, 11) is 3.85. The number of hydrogen-bond acceptors (Lipinski definition) is 5. The quantitative estimate of drug-likeness (QED) is 0.610. The Labute approximate surface area is 148 Å². The zero-order valence-corrected chi connectivity index (χ0v) is 15.0. The first kappa shape index (κ1) is 16.5. The summed E-state index contributed by atoms with van der Waals surface area (Å²) < 4.78 is 17.5. The molecule has 0 amide bonds. The molecule has 0 N–H and O–H groups in total. The summed E-state index contributed by atoms with van der Waals surface area (Å²) in [5.74, 6) is 1.92. The third kappa shape index (κ3) is 2.91. The fourth-order valence-electron chi connectivity index (χ4n) is 4.61. The number of likely N-dealkylation sites (N-methyl/N-ethyl adjacent to an activating group) is 1. The largest absolute Gasteiger partial charge is 0.493 e. The maximum Gasteiger partial charge on any atom is 0.303 e. The van der Waals surface area contributed by atoms with Crippen molar-refractivity contribution in [2.45, 2.75) is 38.0 Å². The van der Waals surface area contributed by atoms with Gasteiger partial charge in [-0.1, -0.05) is 12.1 Å². The summed E-state index contributed by atoms with van der Waals surface area (Å²) in [5.41, 5.74) is 1.25. The summed E-state index contributed by atoms with van der Waals surface area (Å²) in [5, 5.41) is 0. The average Bonchev–Trinajstić information content (AvgIpc) is 2.60. The Morgan fingerprint density at radius 1 is 1.32 bits per heavy atom. The van der Waals surface area contributed by atoms with Gasteiger partial charge < -0.3 is 19.1 Å². The van der Waals surface area contributed by atoms with Crippen LogP contribution in [0, 0.1) is 11.8 Å². The molecular formula is C20H25NO4. The molecule has 1 aromatic carbocycles. The number of carbonyl (C=O) groups is 1. The van der Waals surface area contributed by atoms with Crippen molar-refractivity contribution in [2.24, 2.45) is 11.8 Å². The fourth-order valence-corrected chi connectivity index (χ4v) is 4.61. The lowest BCUT2D eigenvalue weighted by Crippen LogP contribution is -2.55. The highest BCUT2D eigenvalue weighted by molar-refractivity contribution is 5.66. The van der Waals surface area contributed by atoms with Gasteiger partial charge in [0, 0.05) is 18.9 Å². The van der Waals surface area contributed by atoms with Crippen molar-refractivity contribution in [1.82, 2.24) is 4.90 Å². The van der Waals surface area contributed by atoms with Crippen molar-refractivity contribution in [3.05, 3.63) is 35.9 Å². The average molecular weight is 343 g/mol. The molecule has 1 aromatic rings. The number of rotatable bonds is 2. The van der Waals surface area contributed by atoms with E-state index in [0.29, 0.717) is 17.9 Å². The SMILES string of the molecule is COc1ccc2cc1O[C@@H]1[C@H]3CCN(C)[C@H](C2)[C@@H]3C=C[C@@H]1OC(C)=O. The van der Waals surface area contributed by atoms with Crippen molar-refractivity contribution < 1.29 is 19.0 Å². The molecule has 5 heteroatoms. The molecule has 25 heavy (non-hydrogen) atoms. The van der Waals surface area contributed by atoms with E-state index in [1.54, 1.807) is 7.11 Å². The minimum absolute atomic E-state index is 0.183. The van der Waals surface area contributed by atoms with E-state index in [1.807, 2.05) is 12.1 Å². The lowest BCUT2D eigenvalue weighted by atomic mass is 9.71. The number of nitrogens with zero attached hydrogens (tertiary/aromatic N) is 1. The summed E-state index contributed by atoms with van der Waals surface area (Å²) in [4.78, 5) is 14.0. The van der Waals surface area contributed by atoms with Crippen LogP contribution < -0.4 is 9.47 Å². The van der Waals surface area contributed by atoms with E-state index in [0.717, 1.165) is 30.9 Å². The van der Waals surface area contributed by atoms with Crippen LogP contribution in [0.25, 0.3) is 0 Å².